The number of carbonyl (C=O) groups is 1. The van der Waals surface area contributed by atoms with Gasteiger partial charge >= 0.3 is 0 Å². The molecule has 2 aromatic heterocycles. The number of furan rings is 1. The zero-order valence-electron chi connectivity index (χ0n) is 16.5. The molecule has 0 spiro atoms. The molecule has 0 unspecified atom stereocenters. The summed E-state index contributed by atoms with van der Waals surface area (Å²) in [7, 11) is 1.76. The number of nitrogens with zero attached hydrogens (tertiary/aromatic N) is 3. The van der Waals surface area contributed by atoms with Crippen molar-refractivity contribution >= 4 is 17.5 Å². The van der Waals surface area contributed by atoms with Gasteiger partial charge in [0.15, 0.2) is 5.76 Å². The fourth-order valence-electron chi connectivity index (χ4n) is 3.05. The molecule has 0 atom stereocenters. The Labute approximate surface area is 169 Å². The number of amides is 1. The molecule has 6 nitrogen and oxygen atoms in total. The van der Waals surface area contributed by atoms with E-state index in [0.29, 0.717) is 23.1 Å². The standard InChI is InChI=1S/C21H24ClN3O3/c1-5-25-15(3)17(14(2)23-25)12-24(4)21(26)20-11-10-16(28-20)13-27-19-9-7-6-8-18(19)22/h6-11H,5,12-13H2,1-4H3. The van der Waals surface area contributed by atoms with Gasteiger partial charge < -0.3 is 14.1 Å². The average Bonchev–Trinajstić information content (AvgIpc) is 3.26. The van der Waals surface area contributed by atoms with Crippen LogP contribution in [0.25, 0.3) is 0 Å². The molecule has 0 radical (unpaired) electrons. The van der Waals surface area contributed by atoms with Crippen LogP contribution in [-0.4, -0.2) is 27.6 Å². The van der Waals surface area contributed by atoms with Crippen molar-refractivity contribution in [2.45, 2.75) is 40.5 Å². The van der Waals surface area contributed by atoms with Gasteiger partial charge in [0.2, 0.25) is 0 Å². The summed E-state index contributed by atoms with van der Waals surface area (Å²) < 4.78 is 13.3. The number of aryl methyl sites for hydroxylation is 2. The molecule has 0 N–H and O–H groups in total. The van der Waals surface area contributed by atoms with Crippen LogP contribution in [0.4, 0.5) is 0 Å². The van der Waals surface area contributed by atoms with E-state index in [9.17, 15) is 4.79 Å². The molecule has 0 aliphatic rings. The first-order valence-corrected chi connectivity index (χ1v) is 9.52. The largest absolute Gasteiger partial charge is 0.484 e. The minimum absolute atomic E-state index is 0.188. The van der Waals surface area contributed by atoms with Gasteiger partial charge in [0.1, 0.15) is 18.1 Å². The number of ether oxygens (including phenoxy) is 1. The van der Waals surface area contributed by atoms with E-state index >= 15 is 0 Å². The van der Waals surface area contributed by atoms with Crippen molar-refractivity contribution < 1.29 is 13.9 Å². The summed E-state index contributed by atoms with van der Waals surface area (Å²) in [5, 5.41) is 5.04. The highest BCUT2D eigenvalue weighted by Crippen LogP contribution is 2.24. The molecular weight excluding hydrogens is 378 g/mol. The summed E-state index contributed by atoms with van der Waals surface area (Å²) in [5.41, 5.74) is 3.08. The molecule has 2 heterocycles. The van der Waals surface area contributed by atoms with Crippen molar-refractivity contribution in [3.05, 3.63) is 69.9 Å². The van der Waals surface area contributed by atoms with E-state index in [1.807, 2.05) is 37.6 Å². The molecule has 0 saturated carbocycles. The average molecular weight is 402 g/mol. The smallest absolute Gasteiger partial charge is 0.289 e. The maximum absolute atomic E-state index is 12.7. The number of aromatic nitrogens is 2. The van der Waals surface area contributed by atoms with Crippen LogP contribution in [0, 0.1) is 13.8 Å². The number of hydrogen-bond donors (Lipinski definition) is 0. The number of para-hydroxylation sites is 1. The lowest BCUT2D eigenvalue weighted by Crippen LogP contribution is -2.26. The quantitative estimate of drug-likeness (QED) is 0.579. The Hall–Kier alpha value is -2.73. The fourth-order valence-corrected chi connectivity index (χ4v) is 3.24. The van der Waals surface area contributed by atoms with Crippen LogP contribution >= 0.6 is 11.6 Å². The lowest BCUT2D eigenvalue weighted by molar-refractivity contribution is 0.0749. The van der Waals surface area contributed by atoms with Crippen LogP contribution < -0.4 is 4.74 Å². The highest BCUT2D eigenvalue weighted by atomic mass is 35.5. The van der Waals surface area contributed by atoms with Crippen LogP contribution in [0.3, 0.4) is 0 Å². The van der Waals surface area contributed by atoms with E-state index in [4.69, 9.17) is 20.8 Å². The Balaban J connectivity index is 1.65. The fraction of sp³-hybridized carbons (Fsp3) is 0.333. The Morgan fingerprint density at radius 1 is 1.25 bits per heavy atom. The van der Waals surface area contributed by atoms with E-state index in [2.05, 4.69) is 5.10 Å². The minimum Gasteiger partial charge on any atom is -0.484 e. The minimum atomic E-state index is -0.188. The summed E-state index contributed by atoms with van der Waals surface area (Å²) in [5.74, 6) is 1.22. The maximum atomic E-state index is 12.7. The van der Waals surface area contributed by atoms with Gasteiger partial charge in [0, 0.05) is 31.4 Å². The molecule has 28 heavy (non-hydrogen) atoms. The normalized spacial score (nSPS) is 10.9. The summed E-state index contributed by atoms with van der Waals surface area (Å²) in [6.45, 7) is 7.51. The Bertz CT molecular complexity index is 977. The van der Waals surface area contributed by atoms with Gasteiger partial charge in [-0.05, 0) is 45.0 Å². The lowest BCUT2D eigenvalue weighted by atomic mass is 10.2. The Morgan fingerprint density at radius 3 is 2.68 bits per heavy atom. The van der Waals surface area contributed by atoms with Crippen molar-refractivity contribution in [3.8, 4) is 5.75 Å². The number of hydrogen-bond acceptors (Lipinski definition) is 4. The molecule has 0 fully saturated rings. The van der Waals surface area contributed by atoms with Crippen LogP contribution in [0.1, 0.15) is 40.2 Å². The predicted octanol–water partition coefficient (Wildman–Crippen LogP) is 4.62. The number of benzene rings is 1. The van der Waals surface area contributed by atoms with Crippen LogP contribution in [-0.2, 0) is 19.7 Å². The van der Waals surface area contributed by atoms with Crippen LogP contribution in [0.2, 0.25) is 5.02 Å². The first-order chi connectivity index (χ1) is 13.4. The molecule has 7 heteroatoms. The Kier molecular flexibility index (Phi) is 6.09. The van der Waals surface area contributed by atoms with Crippen LogP contribution in [0.15, 0.2) is 40.8 Å². The second-order valence-electron chi connectivity index (χ2n) is 6.61. The van der Waals surface area contributed by atoms with Gasteiger partial charge in [-0.15, -0.1) is 0 Å². The highest BCUT2D eigenvalue weighted by Gasteiger charge is 2.20. The molecule has 1 aromatic carbocycles. The van der Waals surface area contributed by atoms with Crippen molar-refractivity contribution in [1.82, 2.24) is 14.7 Å². The molecule has 1 amide bonds. The topological polar surface area (TPSA) is 60.5 Å². The van der Waals surface area contributed by atoms with Crippen LogP contribution in [0.5, 0.6) is 5.75 Å². The van der Waals surface area contributed by atoms with E-state index in [1.165, 1.54) is 0 Å². The molecule has 0 aliphatic heterocycles. The van der Waals surface area contributed by atoms with Crippen molar-refractivity contribution in [2.75, 3.05) is 7.05 Å². The predicted molar refractivity (Wildman–Crippen MR) is 108 cm³/mol. The van der Waals surface area contributed by atoms with Gasteiger partial charge in [-0.1, -0.05) is 23.7 Å². The monoisotopic (exact) mass is 401 g/mol. The summed E-state index contributed by atoms with van der Waals surface area (Å²) in [6, 6.07) is 10.6. The summed E-state index contributed by atoms with van der Waals surface area (Å²) in [4.78, 5) is 14.4. The van der Waals surface area contributed by atoms with Gasteiger partial charge in [0.05, 0.1) is 10.7 Å². The third-order valence-electron chi connectivity index (χ3n) is 4.65. The second kappa shape index (κ2) is 8.52. The van der Waals surface area contributed by atoms with E-state index < -0.39 is 0 Å². The van der Waals surface area contributed by atoms with Gasteiger partial charge in [0.25, 0.3) is 5.91 Å². The van der Waals surface area contributed by atoms with E-state index in [0.717, 1.165) is 23.5 Å². The number of rotatable bonds is 7. The zero-order chi connectivity index (χ0) is 20.3. The number of halogens is 1. The first kappa shape index (κ1) is 20.0. The van der Waals surface area contributed by atoms with Gasteiger partial charge in [-0.3, -0.25) is 9.48 Å². The summed E-state index contributed by atoms with van der Waals surface area (Å²) >= 11 is 6.08. The molecule has 0 saturated heterocycles. The molecule has 0 aliphatic carbocycles. The van der Waals surface area contributed by atoms with E-state index in [1.54, 1.807) is 36.2 Å². The molecule has 0 bridgehead atoms. The lowest BCUT2D eigenvalue weighted by Gasteiger charge is -2.16. The molecule has 148 valence electrons. The molecule has 3 rings (SSSR count). The highest BCUT2D eigenvalue weighted by molar-refractivity contribution is 6.32. The molecular formula is C21H24ClN3O3. The van der Waals surface area contributed by atoms with Crippen molar-refractivity contribution in [3.63, 3.8) is 0 Å². The third-order valence-corrected chi connectivity index (χ3v) is 4.96. The maximum Gasteiger partial charge on any atom is 0.289 e. The third kappa shape index (κ3) is 4.22. The summed E-state index contributed by atoms with van der Waals surface area (Å²) in [6.07, 6.45) is 0. The SMILES string of the molecule is CCn1nc(C)c(CN(C)C(=O)c2ccc(COc3ccccc3Cl)o2)c1C. The number of carbonyl (C=O) groups excluding carboxylic acids is 1. The van der Waals surface area contributed by atoms with Crippen molar-refractivity contribution in [1.29, 1.82) is 0 Å². The van der Waals surface area contributed by atoms with Gasteiger partial charge in [-0.25, -0.2) is 0 Å². The van der Waals surface area contributed by atoms with Gasteiger partial charge in [-0.2, -0.15) is 5.10 Å². The zero-order valence-corrected chi connectivity index (χ0v) is 17.3. The second-order valence-corrected chi connectivity index (χ2v) is 7.02. The van der Waals surface area contributed by atoms with Crippen molar-refractivity contribution in [2.24, 2.45) is 0 Å². The van der Waals surface area contributed by atoms with E-state index in [-0.39, 0.29) is 18.3 Å². The molecule has 3 aromatic rings. The Morgan fingerprint density at radius 2 is 2.00 bits per heavy atom. The first-order valence-electron chi connectivity index (χ1n) is 9.15.